The number of benzene rings is 1. The van der Waals surface area contributed by atoms with Gasteiger partial charge in [-0.1, -0.05) is 15.9 Å². The number of amides is 1. The van der Waals surface area contributed by atoms with Gasteiger partial charge in [-0.15, -0.1) is 0 Å². The van der Waals surface area contributed by atoms with E-state index in [2.05, 4.69) is 15.9 Å². The zero-order valence-electron chi connectivity index (χ0n) is 12.1. The molecule has 1 aromatic carbocycles. The van der Waals surface area contributed by atoms with E-state index in [0.717, 1.165) is 36.0 Å². The summed E-state index contributed by atoms with van der Waals surface area (Å²) >= 11 is 3.52. The summed E-state index contributed by atoms with van der Waals surface area (Å²) in [4.78, 5) is 14.6. The quantitative estimate of drug-likeness (QED) is 0.779. The van der Waals surface area contributed by atoms with Gasteiger partial charge in [0.05, 0.1) is 6.10 Å². The van der Waals surface area contributed by atoms with Gasteiger partial charge in [-0.25, -0.2) is 0 Å². The Morgan fingerprint density at radius 2 is 2.05 bits per heavy atom. The van der Waals surface area contributed by atoms with Gasteiger partial charge in [-0.3, -0.25) is 4.79 Å². The molecular weight excluding hydrogens is 318 g/mol. The van der Waals surface area contributed by atoms with Crippen molar-refractivity contribution in [1.29, 1.82) is 0 Å². The number of carbonyl (C=O) groups is 1. The number of hydrogen-bond donors (Lipinski definition) is 0. The van der Waals surface area contributed by atoms with E-state index in [1.165, 1.54) is 6.42 Å². The lowest BCUT2D eigenvalue weighted by Crippen LogP contribution is -2.44. The summed E-state index contributed by atoms with van der Waals surface area (Å²) in [5, 5.41) is 0.854. The Morgan fingerprint density at radius 1 is 1.35 bits per heavy atom. The van der Waals surface area contributed by atoms with E-state index < -0.39 is 0 Å². The first-order valence-electron chi connectivity index (χ1n) is 7.25. The van der Waals surface area contributed by atoms with Crippen LogP contribution in [0.1, 0.15) is 43.5 Å². The van der Waals surface area contributed by atoms with Crippen molar-refractivity contribution in [3.63, 3.8) is 0 Å². The lowest BCUT2D eigenvalue weighted by molar-refractivity contribution is 0.0642. The van der Waals surface area contributed by atoms with Gasteiger partial charge in [-0.05, 0) is 57.4 Å². The second-order valence-corrected chi connectivity index (χ2v) is 6.14. The molecule has 1 unspecified atom stereocenters. The van der Waals surface area contributed by atoms with Crippen LogP contribution in [0.4, 0.5) is 0 Å². The first kappa shape index (κ1) is 15.4. The Bertz CT molecular complexity index is 444. The molecule has 0 bridgehead atoms. The fourth-order valence-corrected chi connectivity index (χ4v) is 3.22. The van der Waals surface area contributed by atoms with Crippen molar-refractivity contribution in [3.8, 4) is 5.75 Å². The summed E-state index contributed by atoms with van der Waals surface area (Å²) in [7, 11) is 0. The maximum atomic E-state index is 12.6. The van der Waals surface area contributed by atoms with Crippen LogP contribution in [-0.2, 0) is 0 Å². The number of nitrogens with zero attached hydrogens (tertiary/aromatic N) is 1. The maximum Gasteiger partial charge on any atom is 0.254 e. The van der Waals surface area contributed by atoms with Gasteiger partial charge in [0, 0.05) is 23.5 Å². The monoisotopic (exact) mass is 339 g/mol. The Labute approximate surface area is 129 Å². The van der Waals surface area contributed by atoms with E-state index in [1.807, 2.05) is 43.0 Å². The maximum absolute atomic E-state index is 12.6. The van der Waals surface area contributed by atoms with Crippen LogP contribution >= 0.6 is 15.9 Å². The molecule has 3 nitrogen and oxygen atoms in total. The standard InChI is InChI=1S/C16H22BrNO2/c1-12(2)20-15-8-6-13(7-9-15)16(19)18-10-4-3-5-14(18)11-17/h6-9,12,14H,3-5,10-11H2,1-2H3. The highest BCUT2D eigenvalue weighted by Crippen LogP contribution is 2.22. The molecule has 1 fully saturated rings. The van der Waals surface area contributed by atoms with Crippen LogP contribution in [0.3, 0.4) is 0 Å². The second kappa shape index (κ2) is 7.11. The fraction of sp³-hybridized carbons (Fsp3) is 0.562. The molecule has 1 aliphatic heterocycles. The Balaban J connectivity index is 2.08. The molecule has 1 saturated heterocycles. The van der Waals surface area contributed by atoms with Crippen molar-refractivity contribution in [3.05, 3.63) is 29.8 Å². The van der Waals surface area contributed by atoms with E-state index in [9.17, 15) is 4.79 Å². The van der Waals surface area contributed by atoms with E-state index in [1.54, 1.807) is 0 Å². The van der Waals surface area contributed by atoms with E-state index in [-0.39, 0.29) is 12.0 Å². The summed E-state index contributed by atoms with van der Waals surface area (Å²) < 4.78 is 5.60. The van der Waals surface area contributed by atoms with E-state index in [0.29, 0.717) is 6.04 Å². The lowest BCUT2D eigenvalue weighted by atomic mass is 10.0. The van der Waals surface area contributed by atoms with Gasteiger partial charge in [0.1, 0.15) is 5.75 Å². The van der Waals surface area contributed by atoms with Gasteiger partial charge in [0.2, 0.25) is 0 Å². The van der Waals surface area contributed by atoms with Crippen molar-refractivity contribution in [1.82, 2.24) is 4.90 Å². The van der Waals surface area contributed by atoms with E-state index in [4.69, 9.17) is 4.74 Å². The minimum absolute atomic E-state index is 0.130. The van der Waals surface area contributed by atoms with Crippen molar-refractivity contribution in [2.24, 2.45) is 0 Å². The predicted octanol–water partition coefficient (Wildman–Crippen LogP) is 3.86. The molecule has 1 aromatic rings. The third kappa shape index (κ3) is 3.75. The zero-order chi connectivity index (χ0) is 14.5. The molecule has 2 rings (SSSR count). The Kier molecular flexibility index (Phi) is 5.46. The number of halogens is 1. The van der Waals surface area contributed by atoms with Crippen molar-refractivity contribution in [2.45, 2.75) is 45.3 Å². The molecule has 110 valence electrons. The van der Waals surface area contributed by atoms with Crippen molar-refractivity contribution < 1.29 is 9.53 Å². The largest absolute Gasteiger partial charge is 0.491 e. The lowest BCUT2D eigenvalue weighted by Gasteiger charge is -2.34. The molecule has 0 N–H and O–H groups in total. The number of likely N-dealkylation sites (tertiary alicyclic amines) is 1. The van der Waals surface area contributed by atoms with Crippen molar-refractivity contribution in [2.75, 3.05) is 11.9 Å². The smallest absolute Gasteiger partial charge is 0.254 e. The molecule has 20 heavy (non-hydrogen) atoms. The van der Waals surface area contributed by atoms with Gasteiger partial charge in [0.25, 0.3) is 5.91 Å². The average Bonchev–Trinajstić information content (AvgIpc) is 2.46. The molecule has 0 radical (unpaired) electrons. The molecule has 0 saturated carbocycles. The normalized spacial score (nSPS) is 19.2. The molecule has 0 aromatic heterocycles. The van der Waals surface area contributed by atoms with E-state index >= 15 is 0 Å². The van der Waals surface area contributed by atoms with Crippen molar-refractivity contribution >= 4 is 21.8 Å². The summed E-state index contributed by atoms with van der Waals surface area (Å²) in [6.45, 7) is 4.85. The zero-order valence-corrected chi connectivity index (χ0v) is 13.7. The summed E-state index contributed by atoms with van der Waals surface area (Å²) in [6.07, 6.45) is 3.55. The molecule has 1 aliphatic rings. The number of alkyl halides is 1. The number of rotatable bonds is 4. The first-order valence-corrected chi connectivity index (χ1v) is 8.37. The van der Waals surface area contributed by atoms with Gasteiger partial charge < -0.3 is 9.64 Å². The Hall–Kier alpha value is -1.03. The Morgan fingerprint density at radius 3 is 2.65 bits per heavy atom. The van der Waals surface area contributed by atoms with Crippen LogP contribution in [0, 0.1) is 0 Å². The number of hydrogen-bond acceptors (Lipinski definition) is 2. The summed E-state index contributed by atoms with van der Waals surface area (Å²) in [5.74, 6) is 0.942. The number of carbonyl (C=O) groups excluding carboxylic acids is 1. The van der Waals surface area contributed by atoms with Crippen LogP contribution in [0.15, 0.2) is 24.3 Å². The molecule has 1 amide bonds. The van der Waals surface area contributed by atoms with Gasteiger partial charge >= 0.3 is 0 Å². The van der Waals surface area contributed by atoms with Crippen LogP contribution in [0.25, 0.3) is 0 Å². The highest BCUT2D eigenvalue weighted by Gasteiger charge is 2.26. The predicted molar refractivity (Wildman–Crippen MR) is 84.7 cm³/mol. The van der Waals surface area contributed by atoms with Crippen LogP contribution < -0.4 is 4.74 Å². The molecule has 4 heteroatoms. The molecular formula is C16H22BrNO2. The third-order valence-corrected chi connectivity index (χ3v) is 4.29. The van der Waals surface area contributed by atoms with Gasteiger partial charge in [0.15, 0.2) is 0 Å². The molecule has 0 spiro atoms. The second-order valence-electron chi connectivity index (χ2n) is 5.49. The summed E-state index contributed by atoms with van der Waals surface area (Å²) in [6, 6.07) is 7.79. The molecule has 1 heterocycles. The molecule has 1 atom stereocenters. The SMILES string of the molecule is CC(C)Oc1ccc(C(=O)N2CCCCC2CBr)cc1. The highest BCUT2D eigenvalue weighted by atomic mass is 79.9. The van der Waals surface area contributed by atoms with Gasteiger partial charge in [-0.2, -0.15) is 0 Å². The number of ether oxygens (including phenoxy) is 1. The first-order chi connectivity index (χ1) is 9.61. The fourth-order valence-electron chi connectivity index (χ4n) is 2.54. The van der Waals surface area contributed by atoms with Crippen LogP contribution in [0.2, 0.25) is 0 Å². The highest BCUT2D eigenvalue weighted by molar-refractivity contribution is 9.09. The minimum Gasteiger partial charge on any atom is -0.491 e. The average molecular weight is 340 g/mol. The minimum atomic E-state index is 0.130. The summed E-state index contributed by atoms with van der Waals surface area (Å²) in [5.41, 5.74) is 0.744. The number of piperidine rings is 1. The van der Waals surface area contributed by atoms with Crippen LogP contribution in [-0.4, -0.2) is 34.8 Å². The topological polar surface area (TPSA) is 29.5 Å². The molecule has 0 aliphatic carbocycles. The van der Waals surface area contributed by atoms with Crippen LogP contribution in [0.5, 0.6) is 5.75 Å². The third-order valence-electron chi connectivity index (χ3n) is 3.54.